The second-order valence-corrected chi connectivity index (χ2v) is 5.87. The molecule has 0 unspecified atom stereocenters. The maximum absolute atomic E-state index is 6.50. The van der Waals surface area contributed by atoms with Crippen molar-refractivity contribution in [2.45, 2.75) is 51.0 Å². The molecule has 1 fully saturated rings. The summed E-state index contributed by atoms with van der Waals surface area (Å²) < 4.78 is 0. The lowest BCUT2D eigenvalue weighted by Crippen LogP contribution is -2.32. The van der Waals surface area contributed by atoms with Crippen LogP contribution in [-0.2, 0) is 5.54 Å². The molecule has 96 valence electrons. The molecule has 18 heavy (non-hydrogen) atoms. The van der Waals surface area contributed by atoms with Crippen molar-refractivity contribution >= 4 is 11.0 Å². The first kappa shape index (κ1) is 11.7. The summed E-state index contributed by atoms with van der Waals surface area (Å²) in [6, 6.07) is 6.44. The Hall–Kier alpha value is -1.35. The first-order chi connectivity index (χ1) is 8.58. The molecular weight excluding hydrogens is 222 g/mol. The molecule has 1 aromatic heterocycles. The molecule has 0 amide bonds. The monoisotopic (exact) mass is 243 g/mol. The molecule has 1 saturated carbocycles. The second kappa shape index (κ2) is 4.09. The fraction of sp³-hybridized carbons (Fsp3) is 0.533. The molecule has 0 radical (unpaired) electrons. The van der Waals surface area contributed by atoms with E-state index >= 15 is 0 Å². The third kappa shape index (κ3) is 1.83. The number of nitrogens with one attached hydrogen (secondary N) is 1. The molecule has 3 heteroatoms. The topological polar surface area (TPSA) is 54.7 Å². The number of rotatable bonds is 2. The fourth-order valence-corrected chi connectivity index (χ4v) is 2.91. The SMILES string of the molecule is CC(C)c1nc2ccc(C3(N)CCCC3)cc2[nH]1. The van der Waals surface area contributed by atoms with Gasteiger partial charge in [0.2, 0.25) is 0 Å². The summed E-state index contributed by atoms with van der Waals surface area (Å²) in [6.45, 7) is 4.31. The molecule has 3 nitrogen and oxygen atoms in total. The van der Waals surface area contributed by atoms with E-state index in [0.29, 0.717) is 5.92 Å². The van der Waals surface area contributed by atoms with Gasteiger partial charge in [0.15, 0.2) is 0 Å². The van der Waals surface area contributed by atoms with E-state index in [-0.39, 0.29) is 5.54 Å². The molecule has 3 N–H and O–H groups in total. The highest BCUT2D eigenvalue weighted by Crippen LogP contribution is 2.37. The van der Waals surface area contributed by atoms with Crippen LogP contribution in [0, 0.1) is 0 Å². The van der Waals surface area contributed by atoms with Gasteiger partial charge in [0.1, 0.15) is 5.82 Å². The maximum atomic E-state index is 6.50. The average Bonchev–Trinajstić information content (AvgIpc) is 2.94. The highest BCUT2D eigenvalue weighted by Gasteiger charge is 2.31. The van der Waals surface area contributed by atoms with Gasteiger partial charge in [-0.3, -0.25) is 0 Å². The van der Waals surface area contributed by atoms with Crippen LogP contribution in [0.1, 0.15) is 56.8 Å². The minimum Gasteiger partial charge on any atom is -0.342 e. The number of imidazole rings is 1. The van der Waals surface area contributed by atoms with Crippen LogP contribution >= 0.6 is 0 Å². The van der Waals surface area contributed by atoms with Gasteiger partial charge in [-0.1, -0.05) is 32.8 Å². The van der Waals surface area contributed by atoms with Crippen LogP contribution in [0.3, 0.4) is 0 Å². The Morgan fingerprint density at radius 2 is 2.00 bits per heavy atom. The van der Waals surface area contributed by atoms with Crippen molar-refractivity contribution in [1.29, 1.82) is 0 Å². The fourth-order valence-electron chi connectivity index (χ4n) is 2.91. The lowest BCUT2D eigenvalue weighted by atomic mass is 9.89. The minimum absolute atomic E-state index is 0.114. The van der Waals surface area contributed by atoms with Gasteiger partial charge in [-0.25, -0.2) is 4.98 Å². The van der Waals surface area contributed by atoms with Gasteiger partial charge in [0.05, 0.1) is 11.0 Å². The van der Waals surface area contributed by atoms with Gasteiger partial charge in [0, 0.05) is 11.5 Å². The second-order valence-electron chi connectivity index (χ2n) is 5.87. The van der Waals surface area contributed by atoms with E-state index in [1.54, 1.807) is 0 Å². The highest BCUT2D eigenvalue weighted by atomic mass is 14.9. The third-order valence-corrected chi connectivity index (χ3v) is 4.12. The molecule has 3 rings (SSSR count). The molecule has 1 aliphatic rings. The molecule has 0 saturated heterocycles. The number of nitrogens with zero attached hydrogens (tertiary/aromatic N) is 1. The van der Waals surface area contributed by atoms with Crippen molar-refractivity contribution in [3.63, 3.8) is 0 Å². The van der Waals surface area contributed by atoms with E-state index < -0.39 is 0 Å². The molecular formula is C15H21N3. The standard InChI is InChI=1S/C15H21N3/c1-10(2)14-17-12-6-5-11(9-13(12)18-14)15(16)7-3-4-8-15/h5-6,9-10H,3-4,7-8,16H2,1-2H3,(H,17,18). The molecule has 2 aromatic rings. The highest BCUT2D eigenvalue weighted by molar-refractivity contribution is 5.76. The van der Waals surface area contributed by atoms with Gasteiger partial charge in [-0.15, -0.1) is 0 Å². The summed E-state index contributed by atoms with van der Waals surface area (Å²) >= 11 is 0. The Kier molecular flexibility index (Phi) is 2.67. The third-order valence-electron chi connectivity index (χ3n) is 4.12. The molecule has 1 aliphatic carbocycles. The van der Waals surface area contributed by atoms with Crippen molar-refractivity contribution in [2.24, 2.45) is 5.73 Å². The van der Waals surface area contributed by atoms with Gasteiger partial charge >= 0.3 is 0 Å². The lowest BCUT2D eigenvalue weighted by molar-refractivity contribution is 0.462. The van der Waals surface area contributed by atoms with Crippen LogP contribution in [-0.4, -0.2) is 9.97 Å². The van der Waals surface area contributed by atoms with Gasteiger partial charge in [-0.05, 0) is 30.5 Å². The van der Waals surface area contributed by atoms with Gasteiger partial charge < -0.3 is 10.7 Å². The van der Waals surface area contributed by atoms with E-state index in [1.807, 2.05) is 0 Å². The number of H-pyrrole nitrogens is 1. The Labute approximate surface area is 108 Å². The molecule has 0 aliphatic heterocycles. The molecule has 0 atom stereocenters. The molecule has 0 bridgehead atoms. The number of nitrogens with two attached hydrogens (primary N) is 1. The molecule has 0 spiro atoms. The van der Waals surface area contributed by atoms with Crippen molar-refractivity contribution in [2.75, 3.05) is 0 Å². The van der Waals surface area contributed by atoms with E-state index in [4.69, 9.17) is 5.73 Å². The Morgan fingerprint density at radius 3 is 2.67 bits per heavy atom. The van der Waals surface area contributed by atoms with Crippen molar-refractivity contribution in [1.82, 2.24) is 9.97 Å². The van der Waals surface area contributed by atoms with Crippen molar-refractivity contribution in [3.05, 3.63) is 29.6 Å². The van der Waals surface area contributed by atoms with Crippen LogP contribution in [0.5, 0.6) is 0 Å². The minimum atomic E-state index is -0.114. The molecule has 1 heterocycles. The van der Waals surface area contributed by atoms with E-state index in [0.717, 1.165) is 29.7 Å². The van der Waals surface area contributed by atoms with E-state index in [2.05, 4.69) is 42.0 Å². The van der Waals surface area contributed by atoms with Crippen LogP contribution in [0.15, 0.2) is 18.2 Å². The maximum Gasteiger partial charge on any atom is 0.109 e. The first-order valence-corrected chi connectivity index (χ1v) is 6.87. The normalized spacial score (nSPS) is 18.9. The number of fused-ring (bicyclic) bond motifs is 1. The smallest absolute Gasteiger partial charge is 0.109 e. The van der Waals surface area contributed by atoms with Crippen molar-refractivity contribution < 1.29 is 0 Å². The summed E-state index contributed by atoms with van der Waals surface area (Å²) in [6.07, 6.45) is 4.69. The summed E-state index contributed by atoms with van der Waals surface area (Å²) in [7, 11) is 0. The van der Waals surface area contributed by atoms with Crippen LogP contribution < -0.4 is 5.73 Å². The quantitative estimate of drug-likeness (QED) is 0.849. The predicted octanol–water partition coefficient (Wildman–Crippen LogP) is 3.41. The van der Waals surface area contributed by atoms with Crippen molar-refractivity contribution in [3.8, 4) is 0 Å². The Balaban J connectivity index is 2.05. The van der Waals surface area contributed by atoms with E-state index in [9.17, 15) is 0 Å². The lowest BCUT2D eigenvalue weighted by Gasteiger charge is -2.24. The number of hydrogen-bond acceptors (Lipinski definition) is 2. The zero-order valence-electron chi connectivity index (χ0n) is 11.2. The number of benzene rings is 1. The Bertz CT molecular complexity index is 562. The average molecular weight is 243 g/mol. The van der Waals surface area contributed by atoms with Crippen LogP contribution in [0.4, 0.5) is 0 Å². The number of aromatic amines is 1. The van der Waals surface area contributed by atoms with E-state index in [1.165, 1.54) is 18.4 Å². The Morgan fingerprint density at radius 1 is 1.28 bits per heavy atom. The number of hydrogen-bond donors (Lipinski definition) is 2. The summed E-state index contributed by atoms with van der Waals surface area (Å²) in [4.78, 5) is 8.02. The van der Waals surface area contributed by atoms with Gasteiger partial charge in [-0.2, -0.15) is 0 Å². The summed E-state index contributed by atoms with van der Waals surface area (Å²) in [5, 5.41) is 0. The van der Waals surface area contributed by atoms with Crippen LogP contribution in [0.25, 0.3) is 11.0 Å². The zero-order valence-corrected chi connectivity index (χ0v) is 11.2. The number of aromatic nitrogens is 2. The summed E-state index contributed by atoms with van der Waals surface area (Å²) in [5.74, 6) is 1.49. The molecule has 1 aromatic carbocycles. The summed E-state index contributed by atoms with van der Waals surface area (Å²) in [5.41, 5.74) is 9.81. The predicted molar refractivity (Wildman–Crippen MR) is 74.5 cm³/mol. The largest absolute Gasteiger partial charge is 0.342 e. The van der Waals surface area contributed by atoms with Crippen LogP contribution in [0.2, 0.25) is 0 Å². The zero-order chi connectivity index (χ0) is 12.8. The van der Waals surface area contributed by atoms with Gasteiger partial charge in [0.25, 0.3) is 0 Å². The first-order valence-electron chi connectivity index (χ1n) is 6.87.